The molecular formula is C16H14F2N2O4S. The molecule has 0 saturated carbocycles. The molecule has 2 aromatic rings. The van der Waals surface area contributed by atoms with Crippen LogP contribution in [0, 0.1) is 11.6 Å². The minimum atomic E-state index is -4.14. The number of nitrogens with zero attached hydrogens (tertiary/aromatic N) is 1. The lowest BCUT2D eigenvalue weighted by atomic mass is 10.1. The van der Waals surface area contributed by atoms with Gasteiger partial charge < -0.3 is 9.64 Å². The number of likely N-dealkylation sites (N-methyl/N-ethyl adjacent to an activating group) is 1. The van der Waals surface area contributed by atoms with E-state index in [0.29, 0.717) is 25.0 Å². The summed E-state index contributed by atoms with van der Waals surface area (Å²) in [5.74, 6) is -2.36. The lowest BCUT2D eigenvalue weighted by molar-refractivity contribution is 0.0796. The highest BCUT2D eigenvalue weighted by Crippen LogP contribution is 2.27. The van der Waals surface area contributed by atoms with E-state index in [9.17, 15) is 22.0 Å². The van der Waals surface area contributed by atoms with Crippen molar-refractivity contribution in [2.24, 2.45) is 0 Å². The Morgan fingerprint density at radius 3 is 2.60 bits per heavy atom. The second-order valence-corrected chi connectivity index (χ2v) is 7.15. The Bertz CT molecular complexity index is 947. The summed E-state index contributed by atoms with van der Waals surface area (Å²) >= 11 is 0. The maximum absolute atomic E-state index is 13.3. The zero-order valence-corrected chi connectivity index (χ0v) is 13.9. The summed E-state index contributed by atoms with van der Waals surface area (Å²) in [7, 11) is -2.53. The molecule has 1 heterocycles. The van der Waals surface area contributed by atoms with Crippen molar-refractivity contribution in [3.05, 3.63) is 53.6 Å². The van der Waals surface area contributed by atoms with Gasteiger partial charge >= 0.3 is 0 Å². The van der Waals surface area contributed by atoms with E-state index in [1.807, 2.05) is 0 Å². The lowest BCUT2D eigenvalue weighted by Gasteiger charge is -2.14. The smallest absolute Gasteiger partial charge is 0.261 e. The molecule has 6 nitrogen and oxygen atoms in total. The first kappa shape index (κ1) is 17.2. The van der Waals surface area contributed by atoms with Crippen LogP contribution in [0.3, 0.4) is 0 Å². The van der Waals surface area contributed by atoms with Crippen LogP contribution in [0.5, 0.6) is 5.75 Å². The first-order valence-electron chi connectivity index (χ1n) is 7.28. The van der Waals surface area contributed by atoms with Gasteiger partial charge in [0.2, 0.25) is 0 Å². The van der Waals surface area contributed by atoms with Gasteiger partial charge in [0, 0.05) is 12.7 Å². The number of amides is 1. The number of nitrogens with one attached hydrogen (secondary N) is 1. The van der Waals surface area contributed by atoms with Crippen LogP contribution in [0.4, 0.5) is 14.5 Å². The van der Waals surface area contributed by atoms with E-state index in [2.05, 4.69) is 4.72 Å². The number of hydrogen-bond donors (Lipinski definition) is 1. The molecule has 9 heteroatoms. The molecule has 0 atom stereocenters. The molecule has 3 rings (SSSR count). The van der Waals surface area contributed by atoms with E-state index < -0.39 is 26.6 Å². The number of sulfonamides is 1. The molecule has 132 valence electrons. The molecule has 1 N–H and O–H groups in total. The zero-order valence-electron chi connectivity index (χ0n) is 13.1. The Morgan fingerprint density at radius 2 is 1.88 bits per heavy atom. The number of rotatable bonds is 3. The summed E-state index contributed by atoms with van der Waals surface area (Å²) in [4.78, 5) is 13.3. The van der Waals surface area contributed by atoms with Gasteiger partial charge in [0.25, 0.3) is 15.9 Å². The first-order valence-corrected chi connectivity index (χ1v) is 8.76. The van der Waals surface area contributed by atoms with E-state index in [0.717, 1.165) is 12.1 Å². The molecule has 1 aliphatic rings. The van der Waals surface area contributed by atoms with E-state index in [4.69, 9.17) is 4.74 Å². The Labute approximate surface area is 143 Å². The Balaban J connectivity index is 1.94. The topological polar surface area (TPSA) is 75.7 Å². The third-order valence-corrected chi connectivity index (χ3v) is 5.07. The number of halogens is 2. The van der Waals surface area contributed by atoms with Crippen molar-refractivity contribution in [3.8, 4) is 5.75 Å². The highest BCUT2D eigenvalue weighted by atomic mass is 32.2. The highest BCUT2D eigenvalue weighted by Gasteiger charge is 2.23. The number of hydrogen-bond acceptors (Lipinski definition) is 4. The highest BCUT2D eigenvalue weighted by molar-refractivity contribution is 7.92. The normalized spacial score (nSPS) is 14.5. The van der Waals surface area contributed by atoms with Crippen molar-refractivity contribution in [2.45, 2.75) is 4.90 Å². The van der Waals surface area contributed by atoms with Crippen molar-refractivity contribution in [1.82, 2.24) is 4.90 Å². The molecule has 1 aliphatic heterocycles. The van der Waals surface area contributed by atoms with Crippen LogP contribution in [0.2, 0.25) is 0 Å². The fourth-order valence-electron chi connectivity index (χ4n) is 2.34. The van der Waals surface area contributed by atoms with Gasteiger partial charge in [-0.1, -0.05) is 0 Å². The molecular weight excluding hydrogens is 354 g/mol. The maximum atomic E-state index is 13.3. The van der Waals surface area contributed by atoms with Crippen LogP contribution < -0.4 is 9.46 Å². The Morgan fingerprint density at radius 1 is 1.12 bits per heavy atom. The molecule has 0 radical (unpaired) electrons. The molecule has 1 amide bonds. The summed E-state index contributed by atoms with van der Waals surface area (Å²) in [6.45, 7) is 0.735. The molecule has 0 saturated heterocycles. The number of fused-ring (bicyclic) bond motifs is 1. The van der Waals surface area contributed by atoms with Crippen molar-refractivity contribution in [1.29, 1.82) is 0 Å². The molecule has 25 heavy (non-hydrogen) atoms. The quantitative estimate of drug-likeness (QED) is 0.902. The van der Waals surface area contributed by atoms with Crippen LogP contribution in [0.1, 0.15) is 10.4 Å². The van der Waals surface area contributed by atoms with Crippen molar-refractivity contribution < 1.29 is 26.7 Å². The molecule has 0 aliphatic carbocycles. The van der Waals surface area contributed by atoms with Crippen LogP contribution in [-0.2, 0) is 10.0 Å². The minimum absolute atomic E-state index is 0.107. The fraction of sp³-hybridized carbons (Fsp3) is 0.188. The van der Waals surface area contributed by atoms with E-state index in [-0.39, 0.29) is 17.2 Å². The van der Waals surface area contributed by atoms with Crippen LogP contribution in [0.25, 0.3) is 0 Å². The third kappa shape index (κ3) is 3.41. The van der Waals surface area contributed by atoms with Gasteiger partial charge in [-0.05, 0) is 36.4 Å². The summed E-state index contributed by atoms with van der Waals surface area (Å²) in [5.41, 5.74) is 0.321. The van der Waals surface area contributed by atoms with Gasteiger partial charge in [-0.3, -0.25) is 9.52 Å². The van der Waals surface area contributed by atoms with Crippen molar-refractivity contribution in [3.63, 3.8) is 0 Å². The molecule has 0 spiro atoms. The summed E-state index contributed by atoms with van der Waals surface area (Å²) in [6.07, 6.45) is 0. The second kappa shape index (κ2) is 6.32. The zero-order chi connectivity index (χ0) is 18.2. The third-order valence-electron chi connectivity index (χ3n) is 3.69. The van der Waals surface area contributed by atoms with Gasteiger partial charge in [0.1, 0.15) is 12.4 Å². The van der Waals surface area contributed by atoms with E-state index >= 15 is 0 Å². The predicted molar refractivity (Wildman–Crippen MR) is 86.1 cm³/mol. The van der Waals surface area contributed by atoms with Gasteiger partial charge in [-0.15, -0.1) is 0 Å². The molecule has 0 fully saturated rings. The lowest BCUT2D eigenvalue weighted by Crippen LogP contribution is -2.27. The molecule has 0 aromatic heterocycles. The molecule has 2 aromatic carbocycles. The molecule has 0 unspecified atom stereocenters. The Kier molecular flexibility index (Phi) is 4.34. The SMILES string of the molecule is CN1CCOc2ccc(NS(=O)(=O)c3ccc(F)c(F)c3)cc2C1=O. The van der Waals surface area contributed by atoms with Crippen LogP contribution >= 0.6 is 0 Å². The largest absolute Gasteiger partial charge is 0.491 e. The first-order chi connectivity index (χ1) is 11.8. The average Bonchev–Trinajstić information content (AvgIpc) is 2.69. The van der Waals surface area contributed by atoms with Gasteiger partial charge in [-0.2, -0.15) is 0 Å². The van der Waals surface area contributed by atoms with Gasteiger partial charge in [-0.25, -0.2) is 17.2 Å². The van der Waals surface area contributed by atoms with E-state index in [1.54, 1.807) is 7.05 Å². The maximum Gasteiger partial charge on any atom is 0.261 e. The van der Waals surface area contributed by atoms with Crippen molar-refractivity contribution >= 4 is 21.6 Å². The van der Waals surface area contributed by atoms with Gasteiger partial charge in [0.15, 0.2) is 11.6 Å². The summed E-state index contributed by atoms with van der Waals surface area (Å²) < 4.78 is 58.6. The predicted octanol–water partition coefficient (Wildman–Crippen LogP) is 2.23. The van der Waals surface area contributed by atoms with E-state index in [1.165, 1.54) is 23.1 Å². The standard InChI is InChI=1S/C16H14F2N2O4S/c1-20-6-7-24-15-5-2-10(8-12(15)16(20)21)19-25(22,23)11-3-4-13(17)14(18)9-11/h2-5,8-9,19H,6-7H2,1H3. The Hall–Kier alpha value is -2.68. The fourth-order valence-corrected chi connectivity index (χ4v) is 3.41. The monoisotopic (exact) mass is 368 g/mol. The minimum Gasteiger partial charge on any atom is -0.491 e. The van der Waals surface area contributed by atoms with Crippen LogP contribution in [0.15, 0.2) is 41.3 Å². The van der Waals surface area contributed by atoms with Crippen LogP contribution in [-0.4, -0.2) is 39.4 Å². The second-order valence-electron chi connectivity index (χ2n) is 5.47. The molecule has 0 bridgehead atoms. The number of anilines is 1. The van der Waals surface area contributed by atoms with Gasteiger partial charge in [0.05, 0.1) is 17.0 Å². The number of ether oxygens (including phenoxy) is 1. The summed E-state index contributed by atoms with van der Waals surface area (Å²) in [6, 6.07) is 6.52. The summed E-state index contributed by atoms with van der Waals surface area (Å²) in [5, 5.41) is 0. The number of benzene rings is 2. The number of carbonyl (C=O) groups excluding carboxylic acids is 1. The number of carbonyl (C=O) groups is 1. The van der Waals surface area contributed by atoms with Crippen molar-refractivity contribution in [2.75, 3.05) is 24.9 Å². The average molecular weight is 368 g/mol.